The van der Waals surface area contributed by atoms with E-state index >= 15 is 0 Å². The first-order valence-electron chi connectivity index (χ1n) is 9.43. The molecule has 3 aromatic heterocycles. The summed E-state index contributed by atoms with van der Waals surface area (Å²) >= 11 is 0. The van der Waals surface area contributed by atoms with Crippen LogP contribution in [0.2, 0.25) is 0 Å². The molecule has 5 nitrogen and oxygen atoms in total. The largest absolute Gasteiger partial charge is 0.360 e. The molecule has 1 aromatic carbocycles. The maximum Gasteiger partial charge on any atom is 0.251 e. The Bertz CT molecular complexity index is 1250. The van der Waals surface area contributed by atoms with Crippen molar-refractivity contribution in [2.24, 2.45) is 5.41 Å². The van der Waals surface area contributed by atoms with E-state index in [0.29, 0.717) is 11.7 Å². The van der Waals surface area contributed by atoms with E-state index in [2.05, 4.69) is 25.8 Å². The van der Waals surface area contributed by atoms with Crippen molar-refractivity contribution in [3.63, 3.8) is 0 Å². The van der Waals surface area contributed by atoms with Gasteiger partial charge in [-0.3, -0.25) is 0 Å². The van der Waals surface area contributed by atoms with Crippen LogP contribution in [0.4, 0.5) is 4.39 Å². The molecule has 2 bridgehead atoms. The molecule has 3 heterocycles. The average Bonchev–Trinajstić information content (AvgIpc) is 3.31. The van der Waals surface area contributed by atoms with Gasteiger partial charge in [0.25, 0.3) is 5.78 Å². The standard InChI is InChI=1S/C21H20FN5/c1-20(2)14-6-7-21(20,3)18-17(14)25-19-24-16(10-27(19)26-18)13-9-23-15-5-4-11(22)8-12(13)15/h4-5,8-10,14,23H,6-7H2,1-3H3/t14-,21+/m0/s1. The molecule has 0 saturated heterocycles. The third kappa shape index (κ3) is 1.71. The normalized spacial score (nSPS) is 25.6. The van der Waals surface area contributed by atoms with Gasteiger partial charge in [-0.25, -0.2) is 18.9 Å². The first kappa shape index (κ1) is 15.3. The molecule has 1 fully saturated rings. The first-order chi connectivity index (χ1) is 12.9. The zero-order valence-corrected chi connectivity index (χ0v) is 15.5. The van der Waals surface area contributed by atoms with Gasteiger partial charge in [0.15, 0.2) is 0 Å². The molecule has 1 saturated carbocycles. The van der Waals surface area contributed by atoms with Gasteiger partial charge in [-0.1, -0.05) is 20.8 Å². The van der Waals surface area contributed by atoms with E-state index in [0.717, 1.165) is 46.4 Å². The van der Waals surface area contributed by atoms with Crippen LogP contribution in [-0.2, 0) is 5.41 Å². The van der Waals surface area contributed by atoms with Crippen molar-refractivity contribution >= 4 is 16.7 Å². The molecule has 4 aromatic rings. The topological polar surface area (TPSA) is 58.9 Å². The number of benzene rings is 1. The highest BCUT2D eigenvalue weighted by Crippen LogP contribution is 2.66. The van der Waals surface area contributed by atoms with Crippen LogP contribution in [0.3, 0.4) is 0 Å². The molecule has 0 amide bonds. The second kappa shape index (κ2) is 4.55. The van der Waals surface area contributed by atoms with Crippen LogP contribution in [0.1, 0.15) is 50.9 Å². The molecule has 0 aliphatic heterocycles. The van der Waals surface area contributed by atoms with Crippen LogP contribution in [0, 0.1) is 11.2 Å². The van der Waals surface area contributed by atoms with E-state index in [1.807, 2.05) is 12.4 Å². The molecule has 2 aliphatic carbocycles. The fourth-order valence-corrected chi connectivity index (χ4v) is 5.30. The maximum absolute atomic E-state index is 13.7. The number of aromatic nitrogens is 5. The Balaban J connectivity index is 1.56. The lowest BCUT2D eigenvalue weighted by molar-refractivity contribution is 0.226. The summed E-state index contributed by atoms with van der Waals surface area (Å²) in [6, 6.07) is 4.74. The number of halogens is 1. The Kier molecular flexibility index (Phi) is 2.58. The highest BCUT2D eigenvalue weighted by atomic mass is 19.1. The predicted octanol–water partition coefficient (Wildman–Crippen LogP) is 4.59. The van der Waals surface area contributed by atoms with Crippen molar-refractivity contribution in [2.75, 3.05) is 0 Å². The summed E-state index contributed by atoms with van der Waals surface area (Å²) in [5.41, 5.74) is 4.97. The number of nitrogens with one attached hydrogen (secondary N) is 1. The van der Waals surface area contributed by atoms with Gasteiger partial charge in [0, 0.05) is 34.0 Å². The number of H-pyrrole nitrogens is 1. The molecule has 2 aliphatic rings. The summed E-state index contributed by atoms with van der Waals surface area (Å²) in [4.78, 5) is 12.8. The van der Waals surface area contributed by atoms with Crippen LogP contribution in [0.25, 0.3) is 27.9 Å². The van der Waals surface area contributed by atoms with Crippen molar-refractivity contribution in [3.8, 4) is 11.3 Å². The molecule has 1 N–H and O–H groups in total. The minimum atomic E-state index is -0.255. The van der Waals surface area contributed by atoms with Crippen LogP contribution in [-0.4, -0.2) is 24.6 Å². The van der Waals surface area contributed by atoms with E-state index < -0.39 is 0 Å². The van der Waals surface area contributed by atoms with Crippen LogP contribution < -0.4 is 0 Å². The Morgan fingerprint density at radius 2 is 2.07 bits per heavy atom. The van der Waals surface area contributed by atoms with E-state index in [9.17, 15) is 4.39 Å². The van der Waals surface area contributed by atoms with Crippen LogP contribution >= 0.6 is 0 Å². The summed E-state index contributed by atoms with van der Waals surface area (Å²) in [6.07, 6.45) is 6.09. The van der Waals surface area contributed by atoms with Crippen molar-refractivity contribution < 1.29 is 4.39 Å². The molecule has 6 heteroatoms. The lowest BCUT2D eigenvalue weighted by Gasteiger charge is -2.33. The van der Waals surface area contributed by atoms with Gasteiger partial charge in [0.2, 0.25) is 0 Å². The minimum Gasteiger partial charge on any atom is -0.360 e. The molecular formula is C21H20FN5. The van der Waals surface area contributed by atoms with Gasteiger partial charge in [-0.15, -0.1) is 0 Å². The van der Waals surface area contributed by atoms with Gasteiger partial charge in [-0.05, 0) is 36.5 Å². The summed E-state index contributed by atoms with van der Waals surface area (Å²) in [5.74, 6) is 0.799. The van der Waals surface area contributed by atoms with Gasteiger partial charge in [-0.2, -0.15) is 5.10 Å². The Morgan fingerprint density at radius 3 is 2.93 bits per heavy atom. The second-order valence-corrected chi connectivity index (χ2v) is 8.75. The zero-order valence-electron chi connectivity index (χ0n) is 15.5. The highest BCUT2D eigenvalue weighted by Gasteiger charge is 2.61. The SMILES string of the molecule is CC1(C)[C@H]2CC[C@]1(C)c1nn3cc(-c4c[nH]c5ccc(F)cc45)nc3nc12. The molecule has 0 unspecified atom stereocenters. The van der Waals surface area contributed by atoms with E-state index in [-0.39, 0.29) is 16.6 Å². The number of aromatic amines is 1. The van der Waals surface area contributed by atoms with E-state index in [1.165, 1.54) is 12.1 Å². The third-order valence-electron chi connectivity index (χ3n) is 7.34. The minimum absolute atomic E-state index is 0.0581. The monoisotopic (exact) mass is 361 g/mol. The predicted molar refractivity (Wildman–Crippen MR) is 101 cm³/mol. The van der Waals surface area contributed by atoms with E-state index in [1.54, 1.807) is 10.6 Å². The molecular weight excluding hydrogens is 341 g/mol. The molecule has 27 heavy (non-hydrogen) atoms. The number of rotatable bonds is 1. The van der Waals surface area contributed by atoms with Gasteiger partial charge in [0.05, 0.1) is 23.3 Å². The maximum atomic E-state index is 13.7. The fraction of sp³-hybridized carbons (Fsp3) is 0.381. The van der Waals surface area contributed by atoms with Crippen LogP contribution in [0.15, 0.2) is 30.6 Å². The van der Waals surface area contributed by atoms with Gasteiger partial charge < -0.3 is 4.98 Å². The summed E-state index contributed by atoms with van der Waals surface area (Å²) in [6.45, 7) is 6.99. The Labute approximate surface area is 155 Å². The first-order valence-corrected chi connectivity index (χ1v) is 9.43. The third-order valence-corrected chi connectivity index (χ3v) is 7.34. The molecule has 136 valence electrons. The smallest absolute Gasteiger partial charge is 0.251 e. The number of nitrogens with zero attached hydrogens (tertiary/aromatic N) is 4. The summed E-state index contributed by atoms with van der Waals surface area (Å²) < 4.78 is 15.5. The Hall–Kier alpha value is -2.76. The fourth-order valence-electron chi connectivity index (χ4n) is 5.30. The number of hydrogen-bond donors (Lipinski definition) is 1. The van der Waals surface area contributed by atoms with Crippen molar-refractivity contribution in [3.05, 3.63) is 47.8 Å². The molecule has 0 radical (unpaired) electrons. The number of hydrogen-bond acceptors (Lipinski definition) is 3. The van der Waals surface area contributed by atoms with Crippen molar-refractivity contribution in [1.82, 2.24) is 24.6 Å². The highest BCUT2D eigenvalue weighted by molar-refractivity contribution is 5.94. The lowest BCUT2D eigenvalue weighted by atomic mass is 9.70. The van der Waals surface area contributed by atoms with Crippen LogP contribution in [0.5, 0.6) is 0 Å². The summed E-state index contributed by atoms with van der Waals surface area (Å²) in [5, 5.41) is 5.76. The Morgan fingerprint density at radius 1 is 1.22 bits per heavy atom. The lowest BCUT2D eigenvalue weighted by Crippen LogP contribution is -2.32. The molecule has 2 atom stereocenters. The number of fused-ring (bicyclic) bond motifs is 7. The van der Waals surface area contributed by atoms with Gasteiger partial charge >= 0.3 is 0 Å². The van der Waals surface area contributed by atoms with Gasteiger partial charge in [0.1, 0.15) is 5.82 Å². The zero-order chi connectivity index (χ0) is 18.6. The quantitative estimate of drug-likeness (QED) is 0.540. The second-order valence-electron chi connectivity index (χ2n) is 8.75. The van der Waals surface area contributed by atoms with Crippen molar-refractivity contribution in [2.45, 2.75) is 44.9 Å². The van der Waals surface area contributed by atoms with E-state index in [4.69, 9.17) is 15.1 Å². The average molecular weight is 361 g/mol. The summed E-state index contributed by atoms with van der Waals surface area (Å²) in [7, 11) is 0. The van der Waals surface area contributed by atoms with Crippen molar-refractivity contribution in [1.29, 1.82) is 0 Å². The molecule has 0 spiro atoms. The molecule has 6 rings (SSSR count). The number of imidazole rings is 1.